The van der Waals surface area contributed by atoms with Crippen LogP contribution in [0.3, 0.4) is 0 Å². The normalized spacial score (nSPS) is 12.8. The minimum absolute atomic E-state index is 0.145. The molecule has 8 heteroatoms. The fourth-order valence-corrected chi connectivity index (χ4v) is 5.10. The van der Waals surface area contributed by atoms with Crippen LogP contribution < -0.4 is 10.0 Å². The number of nitrogens with one attached hydrogen (secondary N) is 2. The van der Waals surface area contributed by atoms with E-state index in [9.17, 15) is 13.2 Å². The van der Waals surface area contributed by atoms with Crippen molar-refractivity contribution in [2.75, 3.05) is 17.3 Å². The Kier molecular flexibility index (Phi) is 6.54. The Morgan fingerprint density at radius 3 is 2.67 bits per heavy atom. The van der Waals surface area contributed by atoms with Gasteiger partial charge >= 0.3 is 0 Å². The van der Waals surface area contributed by atoms with E-state index in [1.165, 1.54) is 12.1 Å². The molecule has 3 aromatic rings. The van der Waals surface area contributed by atoms with Crippen LogP contribution in [-0.4, -0.2) is 32.4 Å². The van der Waals surface area contributed by atoms with Gasteiger partial charge in [-0.25, -0.2) is 8.42 Å². The van der Waals surface area contributed by atoms with Gasteiger partial charge in [-0.2, -0.15) is 16.5 Å². The minimum atomic E-state index is -3.77. The molecule has 0 aliphatic carbocycles. The van der Waals surface area contributed by atoms with Gasteiger partial charge < -0.3 is 5.32 Å². The lowest BCUT2D eigenvalue weighted by molar-refractivity contribution is -0.117. The second-order valence-corrected chi connectivity index (χ2v) is 9.58. The zero-order chi connectivity index (χ0) is 19.3. The number of thiophene rings is 1. The third kappa shape index (κ3) is 5.10. The highest BCUT2D eigenvalue weighted by Crippen LogP contribution is 2.24. The Balaban J connectivity index is 1.77. The van der Waals surface area contributed by atoms with Crippen molar-refractivity contribution < 1.29 is 13.2 Å². The molecule has 0 saturated heterocycles. The highest BCUT2D eigenvalue weighted by Gasteiger charge is 2.25. The van der Waals surface area contributed by atoms with Crippen LogP contribution in [-0.2, 0) is 14.8 Å². The van der Waals surface area contributed by atoms with Gasteiger partial charge in [-0.1, -0.05) is 18.2 Å². The number of anilines is 1. The highest BCUT2D eigenvalue weighted by atomic mass is 32.2. The lowest BCUT2D eigenvalue weighted by atomic mass is 10.2. The summed E-state index contributed by atoms with van der Waals surface area (Å²) in [5.41, 5.74) is 0.652. The van der Waals surface area contributed by atoms with Crippen LogP contribution in [0.1, 0.15) is 6.42 Å². The molecular weight excluding hydrogens is 400 g/mol. The number of sulfonamides is 1. The average molecular weight is 421 g/mol. The third-order valence-electron chi connectivity index (χ3n) is 4.00. The van der Waals surface area contributed by atoms with Gasteiger partial charge in [-0.05, 0) is 65.6 Å². The summed E-state index contributed by atoms with van der Waals surface area (Å²) in [6.45, 7) is 0. The molecule has 142 valence electrons. The van der Waals surface area contributed by atoms with Crippen molar-refractivity contribution in [3.05, 3.63) is 60.0 Å². The third-order valence-corrected chi connectivity index (χ3v) is 7.03. The van der Waals surface area contributed by atoms with E-state index >= 15 is 0 Å². The maximum Gasteiger partial charge on any atom is 0.242 e. The fourth-order valence-electron chi connectivity index (χ4n) is 2.61. The molecule has 3 rings (SSSR count). The molecule has 1 amide bonds. The van der Waals surface area contributed by atoms with Crippen LogP contribution in [0, 0.1) is 0 Å². The van der Waals surface area contributed by atoms with Crippen molar-refractivity contribution in [2.45, 2.75) is 17.4 Å². The smallest absolute Gasteiger partial charge is 0.242 e. The summed E-state index contributed by atoms with van der Waals surface area (Å²) in [6.07, 6.45) is 2.32. The molecule has 0 bridgehead atoms. The molecule has 0 fully saturated rings. The maximum absolute atomic E-state index is 12.8. The van der Waals surface area contributed by atoms with E-state index in [0.29, 0.717) is 17.9 Å². The Bertz CT molecular complexity index is 1020. The molecule has 0 saturated carbocycles. The quantitative estimate of drug-likeness (QED) is 0.579. The molecule has 2 N–H and O–H groups in total. The molecule has 1 aromatic heterocycles. The minimum Gasteiger partial charge on any atom is -0.325 e. The van der Waals surface area contributed by atoms with Gasteiger partial charge in [0.1, 0.15) is 6.04 Å². The van der Waals surface area contributed by atoms with Gasteiger partial charge in [0, 0.05) is 10.4 Å². The van der Waals surface area contributed by atoms with E-state index in [1.54, 1.807) is 41.3 Å². The van der Waals surface area contributed by atoms with Crippen molar-refractivity contribution in [2.24, 2.45) is 0 Å². The fraction of sp³-hybridized carbons (Fsp3) is 0.211. The van der Waals surface area contributed by atoms with Crippen LogP contribution in [0.2, 0.25) is 0 Å². The lowest BCUT2D eigenvalue weighted by Gasteiger charge is -2.18. The number of benzene rings is 2. The number of amides is 1. The summed E-state index contributed by atoms with van der Waals surface area (Å²) in [5.74, 6) is 0.303. The molecule has 0 aliphatic rings. The van der Waals surface area contributed by atoms with Crippen molar-refractivity contribution in [1.29, 1.82) is 0 Å². The van der Waals surface area contributed by atoms with Gasteiger partial charge in [-0.15, -0.1) is 11.3 Å². The maximum atomic E-state index is 12.8. The van der Waals surface area contributed by atoms with E-state index in [1.807, 2.05) is 35.9 Å². The average Bonchev–Trinajstić information content (AvgIpc) is 3.13. The molecule has 1 atom stereocenters. The van der Waals surface area contributed by atoms with Gasteiger partial charge in [-0.3, -0.25) is 4.79 Å². The first-order valence-corrected chi connectivity index (χ1v) is 12.1. The lowest BCUT2D eigenvalue weighted by Crippen LogP contribution is -2.44. The predicted molar refractivity (Wildman–Crippen MR) is 114 cm³/mol. The Morgan fingerprint density at radius 1 is 1.15 bits per heavy atom. The van der Waals surface area contributed by atoms with E-state index in [-0.39, 0.29) is 10.8 Å². The topological polar surface area (TPSA) is 75.3 Å². The first kappa shape index (κ1) is 19.9. The number of hydrogen-bond acceptors (Lipinski definition) is 5. The van der Waals surface area contributed by atoms with E-state index < -0.39 is 16.1 Å². The molecule has 27 heavy (non-hydrogen) atoms. The largest absolute Gasteiger partial charge is 0.325 e. The first-order chi connectivity index (χ1) is 13.0. The second-order valence-electron chi connectivity index (χ2n) is 5.93. The van der Waals surface area contributed by atoms with Gasteiger partial charge in [0.15, 0.2) is 0 Å². The van der Waals surface area contributed by atoms with Crippen molar-refractivity contribution in [3.8, 4) is 0 Å². The van der Waals surface area contributed by atoms with Crippen LogP contribution in [0.15, 0.2) is 64.9 Å². The molecule has 2 aromatic carbocycles. The van der Waals surface area contributed by atoms with E-state index in [2.05, 4.69) is 10.0 Å². The number of fused-ring (bicyclic) bond motifs is 1. The summed E-state index contributed by atoms with van der Waals surface area (Å²) < 4.78 is 28.9. The molecular formula is C19H20N2O3S3. The van der Waals surface area contributed by atoms with Crippen LogP contribution in [0.5, 0.6) is 0 Å². The van der Waals surface area contributed by atoms with Gasteiger partial charge in [0.25, 0.3) is 0 Å². The summed E-state index contributed by atoms with van der Waals surface area (Å²) in [4.78, 5) is 12.9. The monoisotopic (exact) mass is 420 g/mol. The second kappa shape index (κ2) is 8.88. The molecule has 0 radical (unpaired) electrons. The molecule has 5 nitrogen and oxygen atoms in total. The molecule has 1 heterocycles. The van der Waals surface area contributed by atoms with Gasteiger partial charge in [0.2, 0.25) is 15.9 Å². The van der Waals surface area contributed by atoms with Gasteiger partial charge in [0.05, 0.1) is 4.90 Å². The van der Waals surface area contributed by atoms with Crippen molar-refractivity contribution >= 4 is 54.8 Å². The Hall–Kier alpha value is -1.87. The molecule has 0 aliphatic heterocycles. The summed E-state index contributed by atoms with van der Waals surface area (Å²) in [6, 6.07) is 14.9. The summed E-state index contributed by atoms with van der Waals surface area (Å²) in [5, 5.41) is 5.87. The number of carbonyl (C=O) groups is 1. The van der Waals surface area contributed by atoms with Crippen LogP contribution in [0.4, 0.5) is 5.69 Å². The number of rotatable bonds is 8. The van der Waals surface area contributed by atoms with Crippen LogP contribution in [0.25, 0.3) is 10.1 Å². The Morgan fingerprint density at radius 2 is 1.93 bits per heavy atom. The van der Waals surface area contributed by atoms with E-state index in [4.69, 9.17) is 0 Å². The van der Waals surface area contributed by atoms with Crippen molar-refractivity contribution in [1.82, 2.24) is 4.72 Å². The number of hydrogen-bond donors (Lipinski definition) is 2. The first-order valence-electron chi connectivity index (χ1n) is 8.34. The molecule has 1 unspecified atom stereocenters. The SMILES string of the molecule is CSCCC(NS(=O)(=O)c1ccccc1)C(=O)Nc1ccc2sccc2c1. The van der Waals surface area contributed by atoms with E-state index in [0.717, 1.165) is 10.1 Å². The number of carbonyl (C=O) groups excluding carboxylic acids is 1. The summed E-state index contributed by atoms with van der Waals surface area (Å²) >= 11 is 3.20. The Labute approximate surface area is 167 Å². The number of thioether (sulfide) groups is 1. The highest BCUT2D eigenvalue weighted by molar-refractivity contribution is 7.98. The van der Waals surface area contributed by atoms with Crippen LogP contribution >= 0.6 is 23.1 Å². The van der Waals surface area contributed by atoms with Crippen molar-refractivity contribution in [3.63, 3.8) is 0 Å². The standard InChI is InChI=1S/C19H20N2O3S3/c1-25-11-10-17(21-27(23,24)16-5-3-2-4-6-16)19(22)20-15-7-8-18-14(13-15)9-12-26-18/h2-9,12-13,17,21H,10-11H2,1H3,(H,20,22). The molecule has 0 spiro atoms. The zero-order valence-electron chi connectivity index (χ0n) is 14.7. The summed E-state index contributed by atoms with van der Waals surface area (Å²) in [7, 11) is -3.77. The zero-order valence-corrected chi connectivity index (χ0v) is 17.2. The predicted octanol–water partition coefficient (Wildman–Crippen LogP) is 3.94.